The van der Waals surface area contributed by atoms with Crippen molar-refractivity contribution in [2.45, 2.75) is 19.1 Å². The molecule has 2 N–H and O–H groups in total. The van der Waals surface area contributed by atoms with Gasteiger partial charge in [-0.25, -0.2) is 0 Å². The van der Waals surface area contributed by atoms with Gasteiger partial charge in [-0.2, -0.15) is 0 Å². The Labute approximate surface area is 124 Å². The van der Waals surface area contributed by atoms with Crippen LogP contribution in [0.5, 0.6) is 17.2 Å². The van der Waals surface area contributed by atoms with E-state index in [9.17, 15) is 0 Å². The highest BCUT2D eigenvalue weighted by Gasteiger charge is 2.27. The van der Waals surface area contributed by atoms with Crippen molar-refractivity contribution in [3.63, 3.8) is 0 Å². The molecular weight excluding hydrogens is 266 g/mol. The van der Waals surface area contributed by atoms with Crippen molar-refractivity contribution in [2.24, 2.45) is 5.73 Å². The monoisotopic (exact) mass is 285 g/mol. The molecule has 2 aromatic carbocycles. The second-order valence-corrected chi connectivity index (χ2v) is 4.95. The fraction of sp³-hybridized carbons (Fsp3) is 0.294. The molecule has 4 heteroatoms. The number of para-hydroxylation sites is 2. The Kier molecular flexibility index (Phi) is 3.97. The lowest BCUT2D eigenvalue weighted by atomic mass is 10.0. The third-order valence-corrected chi connectivity index (χ3v) is 3.49. The summed E-state index contributed by atoms with van der Waals surface area (Å²) in [5, 5.41) is 0. The van der Waals surface area contributed by atoms with Gasteiger partial charge >= 0.3 is 0 Å². The van der Waals surface area contributed by atoms with Crippen LogP contribution in [0.1, 0.15) is 18.5 Å². The van der Waals surface area contributed by atoms with E-state index in [2.05, 4.69) is 0 Å². The summed E-state index contributed by atoms with van der Waals surface area (Å²) in [5.74, 6) is 2.33. The van der Waals surface area contributed by atoms with Crippen LogP contribution in [0.4, 0.5) is 0 Å². The molecule has 21 heavy (non-hydrogen) atoms. The molecule has 0 aliphatic carbocycles. The van der Waals surface area contributed by atoms with Crippen LogP contribution in [-0.4, -0.2) is 19.3 Å². The number of benzene rings is 2. The molecule has 0 bridgehead atoms. The number of ether oxygens (including phenoxy) is 3. The molecule has 2 unspecified atom stereocenters. The Morgan fingerprint density at radius 3 is 2.81 bits per heavy atom. The van der Waals surface area contributed by atoms with Crippen LogP contribution >= 0.6 is 0 Å². The van der Waals surface area contributed by atoms with Gasteiger partial charge in [0, 0.05) is 0 Å². The van der Waals surface area contributed by atoms with E-state index in [0.29, 0.717) is 13.2 Å². The maximum absolute atomic E-state index is 6.33. The van der Waals surface area contributed by atoms with Gasteiger partial charge < -0.3 is 19.9 Å². The molecule has 3 rings (SSSR count). The fourth-order valence-corrected chi connectivity index (χ4v) is 2.41. The maximum Gasteiger partial charge on any atom is 0.161 e. The Bertz CT molecular complexity index is 614. The molecule has 1 aliphatic rings. The smallest absolute Gasteiger partial charge is 0.161 e. The molecule has 0 spiro atoms. The largest absolute Gasteiger partial charge is 0.494 e. The number of rotatable bonds is 4. The zero-order valence-corrected chi connectivity index (χ0v) is 12.0. The van der Waals surface area contributed by atoms with Crippen LogP contribution in [0.3, 0.4) is 0 Å². The predicted octanol–water partition coefficient (Wildman–Crippen LogP) is 2.93. The second-order valence-electron chi connectivity index (χ2n) is 4.95. The molecule has 0 saturated carbocycles. The molecule has 1 aliphatic heterocycles. The topological polar surface area (TPSA) is 53.7 Å². The third-order valence-electron chi connectivity index (χ3n) is 3.49. The summed E-state index contributed by atoms with van der Waals surface area (Å²) in [7, 11) is 0. The van der Waals surface area contributed by atoms with Crippen molar-refractivity contribution in [3.8, 4) is 17.2 Å². The first-order chi connectivity index (χ1) is 10.3. The normalized spacial score (nSPS) is 18.1. The van der Waals surface area contributed by atoms with E-state index < -0.39 is 0 Å². The second kappa shape index (κ2) is 6.06. The number of hydrogen-bond acceptors (Lipinski definition) is 4. The summed E-state index contributed by atoms with van der Waals surface area (Å²) >= 11 is 0. The minimum atomic E-state index is -0.265. The van der Waals surface area contributed by atoms with Gasteiger partial charge in [0.25, 0.3) is 0 Å². The Hall–Kier alpha value is -2.20. The Morgan fingerprint density at radius 2 is 2.00 bits per heavy atom. The summed E-state index contributed by atoms with van der Waals surface area (Å²) in [6, 6.07) is 15.2. The molecule has 0 fully saturated rings. The summed E-state index contributed by atoms with van der Waals surface area (Å²) in [6.45, 7) is 3.04. The van der Waals surface area contributed by atoms with Crippen LogP contribution in [0.15, 0.2) is 48.5 Å². The van der Waals surface area contributed by atoms with Gasteiger partial charge in [-0.05, 0) is 36.8 Å². The lowest BCUT2D eigenvalue weighted by Crippen LogP contribution is -2.38. The molecule has 2 aromatic rings. The molecule has 0 radical (unpaired) electrons. The van der Waals surface area contributed by atoms with Gasteiger partial charge in [0.05, 0.1) is 12.6 Å². The molecule has 0 saturated heterocycles. The lowest BCUT2D eigenvalue weighted by molar-refractivity contribution is 0.0720. The van der Waals surface area contributed by atoms with Crippen molar-refractivity contribution in [3.05, 3.63) is 54.1 Å². The van der Waals surface area contributed by atoms with E-state index in [0.717, 1.165) is 22.8 Å². The van der Waals surface area contributed by atoms with Crippen LogP contribution in [0.2, 0.25) is 0 Å². The SMILES string of the molecule is CCOc1cccc(C(N)C2COc3ccccc3O2)c1. The van der Waals surface area contributed by atoms with E-state index in [1.165, 1.54) is 0 Å². The predicted molar refractivity (Wildman–Crippen MR) is 80.9 cm³/mol. The quantitative estimate of drug-likeness (QED) is 0.938. The number of fused-ring (bicyclic) bond motifs is 1. The number of nitrogens with two attached hydrogens (primary N) is 1. The fourth-order valence-electron chi connectivity index (χ4n) is 2.41. The minimum Gasteiger partial charge on any atom is -0.494 e. The van der Waals surface area contributed by atoms with Gasteiger partial charge in [0.1, 0.15) is 12.4 Å². The van der Waals surface area contributed by atoms with E-state index in [1.54, 1.807) is 0 Å². The summed E-state index contributed by atoms with van der Waals surface area (Å²) in [5.41, 5.74) is 7.31. The lowest BCUT2D eigenvalue weighted by Gasteiger charge is -2.30. The Balaban J connectivity index is 1.77. The Morgan fingerprint density at radius 1 is 1.19 bits per heavy atom. The van der Waals surface area contributed by atoms with Crippen LogP contribution in [0, 0.1) is 0 Å². The molecule has 0 amide bonds. The summed E-state index contributed by atoms with van der Waals surface area (Å²) in [6.07, 6.45) is -0.211. The average molecular weight is 285 g/mol. The van der Waals surface area contributed by atoms with Crippen molar-refractivity contribution >= 4 is 0 Å². The van der Waals surface area contributed by atoms with Gasteiger partial charge in [-0.3, -0.25) is 0 Å². The van der Waals surface area contributed by atoms with Gasteiger partial charge in [-0.1, -0.05) is 24.3 Å². The first-order valence-corrected chi connectivity index (χ1v) is 7.14. The van der Waals surface area contributed by atoms with Crippen LogP contribution in [-0.2, 0) is 0 Å². The van der Waals surface area contributed by atoms with Gasteiger partial charge in [-0.15, -0.1) is 0 Å². The average Bonchev–Trinajstić information content (AvgIpc) is 2.54. The van der Waals surface area contributed by atoms with Gasteiger partial charge in [0.2, 0.25) is 0 Å². The first kappa shape index (κ1) is 13.8. The molecular formula is C17H19NO3. The maximum atomic E-state index is 6.33. The van der Waals surface area contributed by atoms with E-state index in [1.807, 2.05) is 55.5 Å². The summed E-state index contributed by atoms with van der Waals surface area (Å²) in [4.78, 5) is 0. The standard InChI is InChI=1S/C17H19NO3/c1-2-19-13-7-5-6-12(10-13)17(18)16-11-20-14-8-3-4-9-15(14)21-16/h3-10,16-17H,2,11,18H2,1H3. The molecule has 0 aromatic heterocycles. The summed E-state index contributed by atoms with van der Waals surface area (Å²) < 4.78 is 17.2. The van der Waals surface area contributed by atoms with Crippen molar-refractivity contribution in [1.29, 1.82) is 0 Å². The third kappa shape index (κ3) is 2.95. The van der Waals surface area contributed by atoms with Crippen molar-refractivity contribution < 1.29 is 14.2 Å². The molecule has 2 atom stereocenters. The minimum absolute atomic E-state index is 0.211. The highest BCUT2D eigenvalue weighted by Crippen LogP contribution is 2.34. The van der Waals surface area contributed by atoms with Crippen molar-refractivity contribution in [1.82, 2.24) is 0 Å². The zero-order chi connectivity index (χ0) is 14.7. The van der Waals surface area contributed by atoms with Crippen LogP contribution < -0.4 is 19.9 Å². The van der Waals surface area contributed by atoms with E-state index in [-0.39, 0.29) is 12.1 Å². The molecule has 1 heterocycles. The van der Waals surface area contributed by atoms with E-state index in [4.69, 9.17) is 19.9 Å². The van der Waals surface area contributed by atoms with E-state index >= 15 is 0 Å². The highest BCUT2D eigenvalue weighted by molar-refractivity contribution is 5.41. The zero-order valence-electron chi connectivity index (χ0n) is 12.0. The molecule has 110 valence electrons. The highest BCUT2D eigenvalue weighted by atomic mass is 16.6. The number of hydrogen-bond donors (Lipinski definition) is 1. The van der Waals surface area contributed by atoms with Crippen molar-refractivity contribution in [2.75, 3.05) is 13.2 Å². The van der Waals surface area contributed by atoms with Gasteiger partial charge in [0.15, 0.2) is 17.6 Å². The molecule has 4 nitrogen and oxygen atoms in total. The first-order valence-electron chi connectivity index (χ1n) is 7.14. The van der Waals surface area contributed by atoms with Crippen LogP contribution in [0.25, 0.3) is 0 Å².